The number of hydrogen-bond acceptors (Lipinski definition) is 3. The van der Waals surface area contributed by atoms with E-state index in [2.05, 4.69) is 31.1 Å². The van der Waals surface area contributed by atoms with E-state index in [9.17, 15) is 0 Å². The summed E-state index contributed by atoms with van der Waals surface area (Å²) in [6.07, 6.45) is 3.73. The molecule has 1 unspecified atom stereocenters. The first-order valence-corrected chi connectivity index (χ1v) is 5.85. The largest absolute Gasteiger partial charge is 0.327 e. The Balaban J connectivity index is 0.000000255. The zero-order valence-corrected chi connectivity index (χ0v) is 10.1. The van der Waals surface area contributed by atoms with Gasteiger partial charge in [0.25, 0.3) is 0 Å². The molecule has 0 aliphatic carbocycles. The van der Waals surface area contributed by atoms with E-state index in [4.69, 9.17) is 5.73 Å². The molecule has 1 atom stereocenters. The molecule has 1 aliphatic rings. The topological polar surface area (TPSA) is 41.3 Å². The van der Waals surface area contributed by atoms with Gasteiger partial charge in [0, 0.05) is 12.6 Å². The summed E-state index contributed by atoms with van der Waals surface area (Å²) in [7, 11) is 2.12. The van der Waals surface area contributed by atoms with Gasteiger partial charge in [0.05, 0.1) is 0 Å². The van der Waals surface area contributed by atoms with Crippen molar-refractivity contribution < 1.29 is 0 Å². The number of rotatable bonds is 3. The van der Waals surface area contributed by atoms with E-state index in [0.717, 1.165) is 19.6 Å². The summed E-state index contributed by atoms with van der Waals surface area (Å²) < 4.78 is 0. The van der Waals surface area contributed by atoms with Gasteiger partial charge in [-0.2, -0.15) is 0 Å². The summed E-state index contributed by atoms with van der Waals surface area (Å²) in [6, 6.07) is 0.439. The van der Waals surface area contributed by atoms with Crippen LogP contribution in [0.15, 0.2) is 0 Å². The maximum atomic E-state index is 5.68. The van der Waals surface area contributed by atoms with E-state index in [1.165, 1.54) is 25.8 Å². The van der Waals surface area contributed by atoms with Crippen molar-refractivity contribution in [3.63, 3.8) is 0 Å². The lowest BCUT2D eigenvalue weighted by Crippen LogP contribution is -2.40. The molecule has 0 bridgehead atoms. The van der Waals surface area contributed by atoms with Gasteiger partial charge in [0.15, 0.2) is 0 Å². The number of hydrogen-bond donors (Lipinski definition) is 2. The molecule has 0 saturated carbocycles. The standard InChI is InChI=1S/C6H14N2.C5H13N/c1-8-4-2-3-6(7)5-8;1-3-5-6-4-2/h6H,2-5,7H2,1H3;6H,3-5H2,1-2H3. The number of nitrogens with one attached hydrogen (secondary N) is 1. The lowest BCUT2D eigenvalue weighted by molar-refractivity contribution is 0.252. The van der Waals surface area contributed by atoms with Crippen LogP contribution in [0.3, 0.4) is 0 Å². The summed E-state index contributed by atoms with van der Waals surface area (Å²) in [6.45, 7) is 8.87. The molecule has 0 aromatic rings. The van der Waals surface area contributed by atoms with Crippen molar-refractivity contribution in [2.24, 2.45) is 5.73 Å². The number of nitrogens with zero attached hydrogens (tertiary/aromatic N) is 1. The average Bonchev–Trinajstić information content (AvgIpc) is 2.15. The molecule has 86 valence electrons. The van der Waals surface area contributed by atoms with Crippen molar-refractivity contribution in [1.29, 1.82) is 0 Å². The second-order valence-electron chi connectivity index (χ2n) is 4.02. The molecular formula is C11H27N3. The van der Waals surface area contributed by atoms with E-state index >= 15 is 0 Å². The Kier molecular flexibility index (Phi) is 9.35. The summed E-state index contributed by atoms with van der Waals surface area (Å²) in [5, 5.41) is 3.20. The fourth-order valence-corrected chi connectivity index (χ4v) is 1.56. The SMILES string of the molecule is CCCNCC.CN1CCCC(N)C1. The maximum absolute atomic E-state index is 5.68. The van der Waals surface area contributed by atoms with Gasteiger partial charge >= 0.3 is 0 Å². The van der Waals surface area contributed by atoms with Crippen LogP contribution in [-0.2, 0) is 0 Å². The Labute approximate surface area is 89.0 Å². The zero-order valence-electron chi connectivity index (χ0n) is 10.1. The molecule has 0 spiro atoms. The molecule has 0 radical (unpaired) electrons. The summed E-state index contributed by atoms with van der Waals surface area (Å²) >= 11 is 0. The van der Waals surface area contributed by atoms with Crippen molar-refractivity contribution >= 4 is 0 Å². The average molecular weight is 201 g/mol. The highest BCUT2D eigenvalue weighted by atomic mass is 15.1. The van der Waals surface area contributed by atoms with Gasteiger partial charge in [-0.1, -0.05) is 13.8 Å². The quantitative estimate of drug-likeness (QED) is 0.671. The van der Waals surface area contributed by atoms with Crippen LogP contribution in [0.2, 0.25) is 0 Å². The second kappa shape index (κ2) is 9.44. The smallest absolute Gasteiger partial charge is 0.0168 e. The Morgan fingerprint density at radius 3 is 2.43 bits per heavy atom. The van der Waals surface area contributed by atoms with Crippen LogP contribution in [0.1, 0.15) is 33.1 Å². The Bertz CT molecular complexity index is 105. The van der Waals surface area contributed by atoms with Crippen LogP contribution < -0.4 is 11.1 Å². The highest BCUT2D eigenvalue weighted by Gasteiger charge is 2.11. The third kappa shape index (κ3) is 8.48. The first-order chi connectivity index (χ1) is 6.70. The van der Waals surface area contributed by atoms with E-state index in [0.29, 0.717) is 6.04 Å². The van der Waals surface area contributed by atoms with E-state index in [-0.39, 0.29) is 0 Å². The van der Waals surface area contributed by atoms with Crippen LogP contribution in [-0.4, -0.2) is 44.2 Å². The van der Waals surface area contributed by atoms with Gasteiger partial charge in [-0.05, 0) is 45.9 Å². The predicted octanol–water partition coefficient (Wildman–Crippen LogP) is 1.05. The van der Waals surface area contributed by atoms with Crippen molar-refractivity contribution in [3.8, 4) is 0 Å². The van der Waals surface area contributed by atoms with Gasteiger partial charge < -0.3 is 16.0 Å². The fraction of sp³-hybridized carbons (Fsp3) is 1.00. The molecule has 3 heteroatoms. The van der Waals surface area contributed by atoms with Gasteiger partial charge in [0.1, 0.15) is 0 Å². The normalized spacial score (nSPS) is 22.7. The Hall–Kier alpha value is -0.120. The van der Waals surface area contributed by atoms with E-state index in [1.54, 1.807) is 0 Å². The summed E-state index contributed by atoms with van der Waals surface area (Å²) in [4.78, 5) is 2.29. The van der Waals surface area contributed by atoms with Crippen LogP contribution in [0, 0.1) is 0 Å². The predicted molar refractivity (Wildman–Crippen MR) is 63.5 cm³/mol. The van der Waals surface area contributed by atoms with Crippen LogP contribution in [0.25, 0.3) is 0 Å². The Morgan fingerprint density at radius 1 is 1.43 bits per heavy atom. The third-order valence-electron chi connectivity index (χ3n) is 2.34. The summed E-state index contributed by atoms with van der Waals surface area (Å²) in [5.41, 5.74) is 5.68. The molecule has 1 heterocycles. The lowest BCUT2D eigenvalue weighted by atomic mass is 10.1. The molecule has 3 N–H and O–H groups in total. The minimum absolute atomic E-state index is 0.439. The van der Waals surface area contributed by atoms with Gasteiger partial charge in [-0.15, -0.1) is 0 Å². The number of likely N-dealkylation sites (tertiary alicyclic amines) is 1. The minimum atomic E-state index is 0.439. The molecular weight excluding hydrogens is 174 g/mol. The Morgan fingerprint density at radius 2 is 2.14 bits per heavy atom. The van der Waals surface area contributed by atoms with Crippen molar-refractivity contribution in [3.05, 3.63) is 0 Å². The third-order valence-corrected chi connectivity index (χ3v) is 2.34. The number of piperidine rings is 1. The van der Waals surface area contributed by atoms with E-state index < -0.39 is 0 Å². The summed E-state index contributed by atoms with van der Waals surface area (Å²) in [5.74, 6) is 0. The van der Waals surface area contributed by atoms with Gasteiger partial charge in [-0.25, -0.2) is 0 Å². The molecule has 0 aromatic carbocycles. The van der Waals surface area contributed by atoms with Gasteiger partial charge in [-0.3, -0.25) is 0 Å². The monoisotopic (exact) mass is 201 g/mol. The van der Waals surface area contributed by atoms with Crippen molar-refractivity contribution in [1.82, 2.24) is 10.2 Å². The zero-order chi connectivity index (χ0) is 10.8. The van der Waals surface area contributed by atoms with Crippen molar-refractivity contribution in [2.45, 2.75) is 39.2 Å². The van der Waals surface area contributed by atoms with Crippen LogP contribution in [0.4, 0.5) is 0 Å². The molecule has 1 aliphatic heterocycles. The number of nitrogens with two attached hydrogens (primary N) is 1. The highest BCUT2D eigenvalue weighted by Crippen LogP contribution is 2.04. The molecule has 1 fully saturated rings. The molecule has 3 nitrogen and oxygen atoms in total. The molecule has 14 heavy (non-hydrogen) atoms. The molecule has 1 saturated heterocycles. The maximum Gasteiger partial charge on any atom is 0.0168 e. The van der Waals surface area contributed by atoms with E-state index in [1.807, 2.05) is 0 Å². The van der Waals surface area contributed by atoms with Crippen LogP contribution >= 0.6 is 0 Å². The first kappa shape index (κ1) is 13.9. The second-order valence-corrected chi connectivity index (χ2v) is 4.02. The molecule has 0 aromatic heterocycles. The van der Waals surface area contributed by atoms with Crippen molar-refractivity contribution in [2.75, 3.05) is 33.2 Å². The van der Waals surface area contributed by atoms with Gasteiger partial charge in [0.2, 0.25) is 0 Å². The van der Waals surface area contributed by atoms with Crippen LogP contribution in [0.5, 0.6) is 0 Å². The molecule has 1 rings (SSSR count). The first-order valence-electron chi connectivity index (χ1n) is 5.85. The fourth-order valence-electron chi connectivity index (χ4n) is 1.56. The minimum Gasteiger partial charge on any atom is -0.327 e. The highest BCUT2D eigenvalue weighted by molar-refractivity contribution is 4.71. The molecule has 0 amide bonds. The lowest BCUT2D eigenvalue weighted by Gasteiger charge is -2.26. The number of likely N-dealkylation sites (N-methyl/N-ethyl adjacent to an activating group) is 1.